The van der Waals surface area contributed by atoms with Crippen LogP contribution in [0.2, 0.25) is 0 Å². The molecule has 0 fully saturated rings. The van der Waals surface area contributed by atoms with Gasteiger partial charge in [0.1, 0.15) is 6.54 Å². The van der Waals surface area contributed by atoms with E-state index in [2.05, 4.69) is 15.2 Å². The third-order valence-corrected chi connectivity index (χ3v) is 3.10. The number of methoxy groups -OCH3 is 1. The first-order valence-corrected chi connectivity index (χ1v) is 6.38. The molecule has 0 aliphatic carbocycles. The van der Waals surface area contributed by atoms with Crippen LogP contribution in [-0.4, -0.2) is 42.8 Å². The highest BCUT2D eigenvalue weighted by molar-refractivity contribution is 6.01. The molecule has 1 aliphatic heterocycles. The summed E-state index contributed by atoms with van der Waals surface area (Å²) in [6.45, 7) is 2.16. The van der Waals surface area contributed by atoms with Gasteiger partial charge in [-0.1, -0.05) is 12.1 Å². The number of anilines is 1. The Morgan fingerprint density at radius 3 is 2.85 bits per heavy atom. The zero-order valence-corrected chi connectivity index (χ0v) is 11.5. The highest BCUT2D eigenvalue weighted by Gasteiger charge is 2.20. The molecule has 1 aromatic carbocycles. The van der Waals surface area contributed by atoms with E-state index in [1.807, 2.05) is 6.92 Å². The van der Waals surface area contributed by atoms with E-state index in [0.29, 0.717) is 11.3 Å². The van der Waals surface area contributed by atoms with E-state index in [1.54, 1.807) is 35.5 Å². The first-order chi connectivity index (χ1) is 9.61. The van der Waals surface area contributed by atoms with Crippen molar-refractivity contribution in [3.8, 4) is 0 Å². The molecule has 0 aromatic heterocycles. The molecule has 1 aliphatic rings. The minimum Gasteiger partial charge on any atom is -0.465 e. The summed E-state index contributed by atoms with van der Waals surface area (Å²) in [6, 6.07) is 6.96. The summed E-state index contributed by atoms with van der Waals surface area (Å²) < 4.78 is 4.68. The largest absolute Gasteiger partial charge is 0.465 e. The Bertz CT molecular complexity index is 542. The number of nitrogens with one attached hydrogen (secondary N) is 1. The standard InChI is InChI=1S/C14H17N3O3/c1-10-7-8-15-17(10)9-13(18)16-12-6-4-3-5-11(12)14(19)20-2/h3-6,8,10H,7,9H2,1-2H3,(H,16,18). The molecule has 0 saturated carbocycles. The number of hydrogen-bond donors (Lipinski definition) is 1. The molecule has 0 bridgehead atoms. The van der Waals surface area contributed by atoms with Crippen LogP contribution >= 0.6 is 0 Å². The van der Waals surface area contributed by atoms with Gasteiger partial charge in [-0.05, 0) is 19.1 Å². The zero-order valence-electron chi connectivity index (χ0n) is 11.5. The van der Waals surface area contributed by atoms with Gasteiger partial charge in [0.05, 0.1) is 18.4 Å². The van der Waals surface area contributed by atoms with Gasteiger partial charge in [0.2, 0.25) is 5.91 Å². The minimum absolute atomic E-state index is 0.160. The molecule has 1 heterocycles. The maximum Gasteiger partial charge on any atom is 0.339 e. The molecule has 0 radical (unpaired) electrons. The lowest BCUT2D eigenvalue weighted by Gasteiger charge is -2.19. The van der Waals surface area contributed by atoms with Gasteiger partial charge in [-0.25, -0.2) is 4.79 Å². The monoisotopic (exact) mass is 275 g/mol. The topological polar surface area (TPSA) is 71.0 Å². The molecule has 1 N–H and O–H groups in total. The Balaban J connectivity index is 2.04. The molecule has 6 nitrogen and oxygen atoms in total. The van der Waals surface area contributed by atoms with Gasteiger partial charge in [-0.2, -0.15) is 5.10 Å². The van der Waals surface area contributed by atoms with Crippen LogP contribution < -0.4 is 5.32 Å². The molecule has 2 rings (SSSR count). The molecule has 1 amide bonds. The second kappa shape index (κ2) is 6.18. The third-order valence-electron chi connectivity index (χ3n) is 3.10. The molecule has 0 saturated heterocycles. The molecule has 1 unspecified atom stereocenters. The SMILES string of the molecule is COC(=O)c1ccccc1NC(=O)CN1N=CCC1C. The lowest BCUT2D eigenvalue weighted by molar-refractivity contribution is -0.117. The summed E-state index contributed by atoms with van der Waals surface area (Å²) in [7, 11) is 1.31. The normalized spacial score (nSPS) is 17.1. The Morgan fingerprint density at radius 2 is 2.20 bits per heavy atom. The van der Waals surface area contributed by atoms with E-state index in [4.69, 9.17) is 0 Å². The highest BCUT2D eigenvalue weighted by atomic mass is 16.5. The molecular formula is C14H17N3O3. The number of carbonyl (C=O) groups is 2. The fourth-order valence-electron chi connectivity index (χ4n) is 1.95. The number of hydrogen-bond acceptors (Lipinski definition) is 5. The van der Waals surface area contributed by atoms with E-state index < -0.39 is 5.97 Å². The zero-order chi connectivity index (χ0) is 14.5. The Hall–Kier alpha value is -2.37. The van der Waals surface area contributed by atoms with E-state index in [1.165, 1.54) is 7.11 Å². The lowest BCUT2D eigenvalue weighted by Crippen LogP contribution is -2.33. The predicted molar refractivity (Wildman–Crippen MR) is 75.7 cm³/mol. The average molecular weight is 275 g/mol. The summed E-state index contributed by atoms with van der Waals surface area (Å²) in [4.78, 5) is 23.6. The number of nitrogens with zero attached hydrogens (tertiary/aromatic N) is 2. The van der Waals surface area contributed by atoms with Gasteiger partial charge in [-0.3, -0.25) is 9.80 Å². The van der Waals surface area contributed by atoms with Gasteiger partial charge < -0.3 is 10.1 Å². The van der Waals surface area contributed by atoms with E-state index in [-0.39, 0.29) is 18.5 Å². The molecule has 6 heteroatoms. The van der Waals surface area contributed by atoms with E-state index in [0.717, 1.165) is 6.42 Å². The number of carbonyl (C=O) groups excluding carboxylic acids is 2. The summed E-state index contributed by atoms with van der Waals surface area (Å²) >= 11 is 0. The smallest absolute Gasteiger partial charge is 0.339 e. The van der Waals surface area contributed by atoms with Crippen molar-refractivity contribution in [3.05, 3.63) is 29.8 Å². The van der Waals surface area contributed by atoms with Crippen LogP contribution in [0.3, 0.4) is 0 Å². The third kappa shape index (κ3) is 3.14. The van der Waals surface area contributed by atoms with Gasteiger partial charge >= 0.3 is 5.97 Å². The number of benzene rings is 1. The van der Waals surface area contributed by atoms with Gasteiger partial charge in [0.25, 0.3) is 0 Å². The highest BCUT2D eigenvalue weighted by Crippen LogP contribution is 2.16. The van der Waals surface area contributed by atoms with E-state index >= 15 is 0 Å². The molecular weight excluding hydrogens is 258 g/mol. The quantitative estimate of drug-likeness (QED) is 0.845. The number of esters is 1. The van der Waals surface area contributed by atoms with Crippen LogP contribution in [0.4, 0.5) is 5.69 Å². The lowest BCUT2D eigenvalue weighted by atomic mass is 10.2. The maximum atomic E-state index is 12.0. The summed E-state index contributed by atoms with van der Waals surface area (Å²) in [5.41, 5.74) is 0.779. The van der Waals surface area contributed by atoms with Crippen molar-refractivity contribution in [2.24, 2.45) is 5.10 Å². The van der Waals surface area contributed by atoms with Crippen molar-refractivity contribution in [1.82, 2.24) is 5.01 Å². The number of para-hydroxylation sites is 1. The van der Waals surface area contributed by atoms with Gasteiger partial charge in [0.15, 0.2) is 0 Å². The van der Waals surface area contributed by atoms with Crippen molar-refractivity contribution in [2.75, 3.05) is 19.0 Å². The van der Waals surface area contributed by atoms with Crippen LogP contribution in [-0.2, 0) is 9.53 Å². The second-order valence-corrected chi connectivity index (χ2v) is 4.57. The predicted octanol–water partition coefficient (Wildman–Crippen LogP) is 1.49. The molecule has 0 spiro atoms. The first kappa shape index (κ1) is 14.0. The minimum atomic E-state index is -0.478. The summed E-state index contributed by atoms with van der Waals surface area (Å²) in [6.07, 6.45) is 2.63. The number of amides is 1. The molecule has 20 heavy (non-hydrogen) atoms. The van der Waals surface area contributed by atoms with Crippen molar-refractivity contribution >= 4 is 23.8 Å². The van der Waals surface area contributed by atoms with Crippen LogP contribution in [0.25, 0.3) is 0 Å². The fourth-order valence-corrected chi connectivity index (χ4v) is 1.95. The van der Waals surface area contributed by atoms with E-state index in [9.17, 15) is 9.59 Å². The fraction of sp³-hybridized carbons (Fsp3) is 0.357. The summed E-state index contributed by atoms with van der Waals surface area (Å²) in [5.74, 6) is -0.694. The Labute approximate surface area is 117 Å². The Kier molecular flexibility index (Phi) is 4.34. The molecule has 1 aromatic rings. The van der Waals surface area contributed by atoms with Gasteiger partial charge in [0, 0.05) is 18.7 Å². The van der Waals surface area contributed by atoms with Crippen molar-refractivity contribution in [1.29, 1.82) is 0 Å². The number of hydrazone groups is 1. The Morgan fingerprint density at radius 1 is 1.45 bits per heavy atom. The summed E-state index contributed by atoms with van der Waals surface area (Å²) in [5, 5.41) is 8.56. The van der Waals surface area contributed by atoms with Crippen LogP contribution in [0, 0.1) is 0 Å². The second-order valence-electron chi connectivity index (χ2n) is 4.57. The van der Waals surface area contributed by atoms with Gasteiger partial charge in [-0.15, -0.1) is 0 Å². The number of ether oxygens (including phenoxy) is 1. The number of rotatable bonds is 4. The molecule has 106 valence electrons. The maximum absolute atomic E-state index is 12.0. The average Bonchev–Trinajstić information content (AvgIpc) is 2.84. The van der Waals surface area contributed by atoms with Crippen LogP contribution in [0.15, 0.2) is 29.4 Å². The molecule has 1 atom stereocenters. The first-order valence-electron chi connectivity index (χ1n) is 6.38. The van der Waals surface area contributed by atoms with Crippen LogP contribution in [0.1, 0.15) is 23.7 Å². The van der Waals surface area contributed by atoms with Crippen molar-refractivity contribution in [3.63, 3.8) is 0 Å². The van der Waals surface area contributed by atoms with Crippen molar-refractivity contribution in [2.45, 2.75) is 19.4 Å². The van der Waals surface area contributed by atoms with Crippen molar-refractivity contribution < 1.29 is 14.3 Å². The van der Waals surface area contributed by atoms with Crippen LogP contribution in [0.5, 0.6) is 0 Å².